The van der Waals surface area contributed by atoms with Crippen LogP contribution >= 0.6 is 0 Å². The van der Waals surface area contributed by atoms with Crippen LogP contribution in [-0.4, -0.2) is 17.9 Å². The Morgan fingerprint density at radius 3 is 2.15 bits per heavy atom. The van der Waals surface area contributed by atoms with E-state index < -0.39 is 6.04 Å². The predicted octanol–water partition coefficient (Wildman–Crippen LogP) is 2.33. The molecule has 1 aromatic carbocycles. The normalized spacial score (nSPS) is 13.7. The van der Waals surface area contributed by atoms with Crippen molar-refractivity contribution in [1.29, 1.82) is 0 Å². The minimum absolute atomic E-state index is 0.0444. The minimum Gasteiger partial charge on any atom is -0.348 e. The molecule has 0 aromatic heterocycles. The Hall–Kier alpha value is -1.84. The molecule has 1 aromatic rings. The van der Waals surface area contributed by atoms with Crippen molar-refractivity contribution in [2.24, 2.45) is 5.92 Å². The van der Waals surface area contributed by atoms with E-state index in [4.69, 9.17) is 0 Å². The van der Waals surface area contributed by atoms with Crippen molar-refractivity contribution >= 4 is 11.8 Å². The lowest BCUT2D eigenvalue weighted by Gasteiger charge is -2.24. The van der Waals surface area contributed by atoms with E-state index >= 15 is 0 Å². The van der Waals surface area contributed by atoms with E-state index in [0.29, 0.717) is 0 Å². The largest absolute Gasteiger partial charge is 0.348 e. The van der Waals surface area contributed by atoms with Crippen LogP contribution in [0.1, 0.15) is 44.9 Å². The minimum atomic E-state index is -0.501. The summed E-state index contributed by atoms with van der Waals surface area (Å²) in [4.78, 5) is 23.5. The highest BCUT2D eigenvalue weighted by atomic mass is 16.2. The van der Waals surface area contributed by atoms with Gasteiger partial charge in [-0.1, -0.05) is 38.1 Å². The number of carbonyl (C=O) groups is 2. The third kappa shape index (κ3) is 4.37. The van der Waals surface area contributed by atoms with E-state index in [-0.39, 0.29) is 23.8 Å². The van der Waals surface area contributed by atoms with Gasteiger partial charge >= 0.3 is 0 Å². The molecule has 0 aliphatic carbocycles. The highest BCUT2D eigenvalue weighted by Crippen LogP contribution is 2.17. The second-order valence-corrected chi connectivity index (χ2v) is 5.51. The van der Waals surface area contributed by atoms with Gasteiger partial charge in [-0.2, -0.15) is 0 Å². The molecule has 0 saturated carbocycles. The van der Waals surface area contributed by atoms with Crippen LogP contribution < -0.4 is 10.6 Å². The second kappa shape index (κ2) is 7.08. The van der Waals surface area contributed by atoms with Crippen molar-refractivity contribution in [1.82, 2.24) is 10.6 Å². The molecule has 0 bridgehead atoms. The van der Waals surface area contributed by atoms with Crippen LogP contribution in [0.25, 0.3) is 0 Å². The van der Waals surface area contributed by atoms with Gasteiger partial charge < -0.3 is 10.6 Å². The molecule has 2 N–H and O–H groups in total. The maximum atomic E-state index is 12.3. The maximum absolute atomic E-state index is 12.3. The molecule has 2 amide bonds. The lowest BCUT2D eigenvalue weighted by atomic mass is 10.00. The Morgan fingerprint density at radius 1 is 1.05 bits per heavy atom. The summed E-state index contributed by atoms with van der Waals surface area (Å²) in [6.07, 6.45) is 0. The second-order valence-electron chi connectivity index (χ2n) is 5.51. The smallest absolute Gasteiger partial charge is 0.243 e. The molecule has 2 atom stereocenters. The molecule has 0 saturated heterocycles. The third-order valence-corrected chi connectivity index (χ3v) is 3.32. The monoisotopic (exact) mass is 276 g/mol. The number of carbonyl (C=O) groups excluding carboxylic acids is 2. The van der Waals surface area contributed by atoms with Crippen molar-refractivity contribution in [2.45, 2.75) is 46.7 Å². The van der Waals surface area contributed by atoms with Gasteiger partial charge in [-0.05, 0) is 30.9 Å². The Labute approximate surface area is 121 Å². The summed E-state index contributed by atoms with van der Waals surface area (Å²) >= 11 is 0. The van der Waals surface area contributed by atoms with Crippen LogP contribution in [0.3, 0.4) is 0 Å². The average molecular weight is 276 g/mol. The lowest BCUT2D eigenvalue weighted by Crippen LogP contribution is -2.49. The summed E-state index contributed by atoms with van der Waals surface area (Å²) in [5.74, 6) is -0.295. The van der Waals surface area contributed by atoms with Gasteiger partial charge in [0.05, 0.1) is 6.04 Å². The molecule has 0 fully saturated rings. The molecule has 20 heavy (non-hydrogen) atoms. The fourth-order valence-corrected chi connectivity index (χ4v) is 2.21. The van der Waals surface area contributed by atoms with Crippen LogP contribution in [-0.2, 0) is 9.59 Å². The molecule has 4 heteroatoms. The van der Waals surface area contributed by atoms with E-state index in [1.165, 1.54) is 6.92 Å². The zero-order chi connectivity index (χ0) is 15.3. The maximum Gasteiger partial charge on any atom is 0.243 e. The van der Waals surface area contributed by atoms with Gasteiger partial charge in [0.25, 0.3) is 0 Å². The van der Waals surface area contributed by atoms with Gasteiger partial charge in [-0.25, -0.2) is 0 Å². The van der Waals surface area contributed by atoms with Crippen molar-refractivity contribution in [3.8, 4) is 0 Å². The Morgan fingerprint density at radius 2 is 1.65 bits per heavy atom. The van der Waals surface area contributed by atoms with Gasteiger partial charge in [0, 0.05) is 6.92 Å². The average Bonchev–Trinajstić information content (AvgIpc) is 2.35. The summed E-state index contributed by atoms with van der Waals surface area (Å²) in [6.45, 7) is 9.22. The van der Waals surface area contributed by atoms with E-state index in [1.54, 1.807) is 0 Å². The Bertz CT molecular complexity index is 483. The highest BCUT2D eigenvalue weighted by Gasteiger charge is 2.24. The molecule has 0 radical (unpaired) electrons. The van der Waals surface area contributed by atoms with E-state index in [0.717, 1.165) is 11.1 Å². The van der Waals surface area contributed by atoms with Gasteiger partial charge in [-0.3, -0.25) is 9.59 Å². The van der Waals surface area contributed by atoms with Crippen LogP contribution in [0, 0.1) is 12.8 Å². The standard InChI is InChI=1S/C16H24N2O2/c1-10(2)15(18-13(5)19)16(20)17-12(4)14-9-7-6-8-11(14)3/h6-10,12,15H,1-5H3,(H,17,20)(H,18,19)/t12-,15+/m1/s1. The fraction of sp³-hybridized carbons (Fsp3) is 0.500. The van der Waals surface area contributed by atoms with Gasteiger partial charge in [0.2, 0.25) is 11.8 Å². The van der Waals surface area contributed by atoms with E-state index in [2.05, 4.69) is 10.6 Å². The first-order valence-corrected chi connectivity index (χ1v) is 6.96. The predicted molar refractivity (Wildman–Crippen MR) is 80.2 cm³/mol. The highest BCUT2D eigenvalue weighted by molar-refractivity contribution is 5.87. The van der Waals surface area contributed by atoms with Crippen molar-refractivity contribution in [3.05, 3.63) is 35.4 Å². The molecular weight excluding hydrogens is 252 g/mol. The Kier molecular flexibility index (Phi) is 5.74. The zero-order valence-electron chi connectivity index (χ0n) is 12.9. The van der Waals surface area contributed by atoms with E-state index in [1.807, 2.05) is 52.0 Å². The number of nitrogens with one attached hydrogen (secondary N) is 2. The van der Waals surface area contributed by atoms with Gasteiger partial charge in [0.1, 0.15) is 6.04 Å². The molecule has 0 spiro atoms. The summed E-state index contributed by atoms with van der Waals surface area (Å²) in [6, 6.07) is 7.37. The Balaban J connectivity index is 2.78. The summed E-state index contributed by atoms with van der Waals surface area (Å²) in [7, 11) is 0. The van der Waals surface area contributed by atoms with Crippen molar-refractivity contribution < 1.29 is 9.59 Å². The van der Waals surface area contributed by atoms with Crippen LogP contribution in [0.4, 0.5) is 0 Å². The molecule has 0 aliphatic heterocycles. The van der Waals surface area contributed by atoms with Crippen molar-refractivity contribution in [3.63, 3.8) is 0 Å². The first-order chi connectivity index (χ1) is 9.32. The number of benzene rings is 1. The SMILES string of the molecule is CC(=O)N[C@H](C(=O)N[C@H](C)c1ccccc1C)C(C)C. The van der Waals surface area contributed by atoms with Crippen LogP contribution in [0.2, 0.25) is 0 Å². The van der Waals surface area contributed by atoms with Crippen molar-refractivity contribution in [2.75, 3.05) is 0 Å². The summed E-state index contributed by atoms with van der Waals surface area (Å²) in [5.41, 5.74) is 2.23. The van der Waals surface area contributed by atoms with Gasteiger partial charge in [-0.15, -0.1) is 0 Å². The number of hydrogen-bond donors (Lipinski definition) is 2. The molecule has 0 heterocycles. The first kappa shape index (κ1) is 16.2. The number of aryl methyl sites for hydroxylation is 1. The quantitative estimate of drug-likeness (QED) is 0.867. The number of hydrogen-bond acceptors (Lipinski definition) is 2. The molecule has 110 valence electrons. The molecule has 4 nitrogen and oxygen atoms in total. The summed E-state index contributed by atoms with van der Waals surface area (Å²) in [5, 5.41) is 5.67. The van der Waals surface area contributed by atoms with E-state index in [9.17, 15) is 9.59 Å². The summed E-state index contributed by atoms with van der Waals surface area (Å²) < 4.78 is 0. The lowest BCUT2D eigenvalue weighted by molar-refractivity contribution is -0.129. The number of amides is 2. The van der Waals surface area contributed by atoms with Crippen LogP contribution in [0.15, 0.2) is 24.3 Å². The third-order valence-electron chi connectivity index (χ3n) is 3.32. The zero-order valence-corrected chi connectivity index (χ0v) is 12.9. The molecule has 0 aliphatic rings. The van der Waals surface area contributed by atoms with Crippen LogP contribution in [0.5, 0.6) is 0 Å². The number of rotatable bonds is 5. The fourth-order valence-electron chi connectivity index (χ4n) is 2.21. The molecule has 0 unspecified atom stereocenters. The molecule has 1 rings (SSSR count). The topological polar surface area (TPSA) is 58.2 Å². The first-order valence-electron chi connectivity index (χ1n) is 6.96. The van der Waals surface area contributed by atoms with Gasteiger partial charge in [0.15, 0.2) is 0 Å². The molecular formula is C16H24N2O2.